The maximum absolute atomic E-state index is 13.9. The highest BCUT2D eigenvalue weighted by Gasteiger charge is 2.26. The monoisotopic (exact) mass is 293 g/mol. The Morgan fingerprint density at radius 2 is 1.81 bits per heavy atom. The quantitative estimate of drug-likeness (QED) is 0.870. The highest BCUT2D eigenvalue weighted by Crippen LogP contribution is 2.21. The normalized spacial score (nSPS) is 18.2. The first kappa shape index (κ1) is 16.2. The number of nitrogens with one attached hydrogen (secondary N) is 1. The van der Waals surface area contributed by atoms with Crippen molar-refractivity contribution in [1.82, 2.24) is 10.2 Å². The van der Waals surface area contributed by atoms with E-state index in [2.05, 4.69) is 35.9 Å². The van der Waals surface area contributed by atoms with E-state index in [1.807, 2.05) is 12.1 Å². The fourth-order valence-corrected chi connectivity index (χ4v) is 3.08. The molecular formula is C17H28FN3. The summed E-state index contributed by atoms with van der Waals surface area (Å²) in [5, 5.41) is 3.46. The van der Waals surface area contributed by atoms with E-state index in [-0.39, 0.29) is 5.82 Å². The van der Waals surface area contributed by atoms with Crippen LogP contribution in [0.2, 0.25) is 0 Å². The molecule has 0 bridgehead atoms. The molecule has 4 heteroatoms. The second-order valence-electron chi connectivity index (χ2n) is 6.09. The van der Waals surface area contributed by atoms with E-state index in [0.29, 0.717) is 12.0 Å². The number of rotatable bonds is 6. The van der Waals surface area contributed by atoms with Crippen LogP contribution in [0.3, 0.4) is 0 Å². The number of halogens is 1. The molecule has 1 N–H and O–H groups in total. The number of nitrogens with zero attached hydrogens (tertiary/aromatic N) is 2. The van der Waals surface area contributed by atoms with Crippen LogP contribution in [0.1, 0.15) is 20.8 Å². The molecule has 0 amide bonds. The van der Waals surface area contributed by atoms with Crippen LogP contribution in [0.25, 0.3) is 0 Å². The summed E-state index contributed by atoms with van der Waals surface area (Å²) >= 11 is 0. The summed E-state index contributed by atoms with van der Waals surface area (Å²) < 4.78 is 13.9. The van der Waals surface area contributed by atoms with Crippen molar-refractivity contribution in [1.29, 1.82) is 0 Å². The first-order chi connectivity index (χ1) is 10.1. The third kappa shape index (κ3) is 4.17. The number of anilines is 1. The summed E-state index contributed by atoms with van der Waals surface area (Å²) in [4.78, 5) is 4.71. The number of hydrogen-bond donors (Lipinski definition) is 1. The van der Waals surface area contributed by atoms with Gasteiger partial charge in [0.15, 0.2) is 0 Å². The average Bonchev–Trinajstić information content (AvgIpc) is 2.49. The Morgan fingerprint density at radius 1 is 1.14 bits per heavy atom. The van der Waals surface area contributed by atoms with Gasteiger partial charge in [0.1, 0.15) is 5.82 Å². The van der Waals surface area contributed by atoms with E-state index >= 15 is 0 Å². The summed E-state index contributed by atoms with van der Waals surface area (Å²) in [6, 6.07) is 7.65. The first-order valence-corrected chi connectivity index (χ1v) is 8.07. The smallest absolute Gasteiger partial charge is 0.146 e. The number of para-hydroxylation sites is 1. The molecule has 1 aliphatic rings. The van der Waals surface area contributed by atoms with Gasteiger partial charge in [0.05, 0.1) is 5.69 Å². The van der Waals surface area contributed by atoms with Gasteiger partial charge < -0.3 is 10.2 Å². The van der Waals surface area contributed by atoms with Crippen LogP contribution in [-0.4, -0.2) is 50.2 Å². The van der Waals surface area contributed by atoms with Crippen LogP contribution in [-0.2, 0) is 0 Å². The minimum atomic E-state index is -0.112. The zero-order chi connectivity index (χ0) is 15.2. The fourth-order valence-electron chi connectivity index (χ4n) is 3.08. The predicted octanol–water partition coefficient (Wildman–Crippen LogP) is 2.58. The van der Waals surface area contributed by atoms with Crippen molar-refractivity contribution >= 4 is 5.69 Å². The van der Waals surface area contributed by atoms with Gasteiger partial charge in [-0.15, -0.1) is 0 Å². The standard InChI is InChI=1S/C17H28FN3/c1-4-19-13-17(14(2)3)21-11-9-20(10-12-21)16-8-6-5-7-15(16)18/h5-8,14,17,19H,4,9-13H2,1-3H3. The van der Waals surface area contributed by atoms with Crippen molar-refractivity contribution in [3.05, 3.63) is 30.1 Å². The molecule has 1 heterocycles. The number of likely N-dealkylation sites (N-methyl/N-ethyl adjacent to an activating group) is 1. The van der Waals surface area contributed by atoms with Gasteiger partial charge >= 0.3 is 0 Å². The van der Waals surface area contributed by atoms with E-state index in [1.54, 1.807) is 12.1 Å². The topological polar surface area (TPSA) is 18.5 Å². The minimum absolute atomic E-state index is 0.112. The molecule has 0 spiro atoms. The Morgan fingerprint density at radius 3 is 2.38 bits per heavy atom. The van der Waals surface area contributed by atoms with Gasteiger partial charge in [-0.25, -0.2) is 4.39 Å². The van der Waals surface area contributed by atoms with Crippen molar-refractivity contribution in [2.75, 3.05) is 44.2 Å². The molecule has 1 fully saturated rings. The summed E-state index contributed by atoms with van der Waals surface area (Å²) in [5.74, 6) is 0.517. The van der Waals surface area contributed by atoms with Gasteiger partial charge in [0.2, 0.25) is 0 Å². The molecule has 0 aromatic heterocycles. The Labute approximate surface area is 128 Å². The predicted molar refractivity (Wildman–Crippen MR) is 87.4 cm³/mol. The van der Waals surface area contributed by atoms with Crippen LogP contribution < -0.4 is 10.2 Å². The Hall–Kier alpha value is -1.13. The summed E-state index contributed by atoms with van der Waals surface area (Å²) in [7, 11) is 0. The molecule has 21 heavy (non-hydrogen) atoms. The molecule has 0 saturated carbocycles. The van der Waals surface area contributed by atoms with Crippen LogP contribution in [0.15, 0.2) is 24.3 Å². The summed E-state index contributed by atoms with van der Waals surface area (Å²) in [6.45, 7) is 12.6. The molecule has 1 unspecified atom stereocenters. The second kappa shape index (κ2) is 7.76. The maximum Gasteiger partial charge on any atom is 0.146 e. The highest BCUT2D eigenvalue weighted by molar-refractivity contribution is 5.48. The molecular weight excluding hydrogens is 265 g/mol. The third-order valence-electron chi connectivity index (χ3n) is 4.35. The van der Waals surface area contributed by atoms with Gasteiger partial charge in [-0.2, -0.15) is 0 Å². The lowest BCUT2D eigenvalue weighted by Crippen LogP contribution is -2.54. The molecule has 0 radical (unpaired) electrons. The highest BCUT2D eigenvalue weighted by atomic mass is 19.1. The molecule has 1 aliphatic heterocycles. The van der Waals surface area contributed by atoms with Crippen molar-refractivity contribution in [2.45, 2.75) is 26.8 Å². The number of benzene rings is 1. The van der Waals surface area contributed by atoms with E-state index in [1.165, 1.54) is 0 Å². The van der Waals surface area contributed by atoms with E-state index in [0.717, 1.165) is 45.0 Å². The van der Waals surface area contributed by atoms with E-state index in [4.69, 9.17) is 0 Å². The van der Waals surface area contributed by atoms with Crippen LogP contribution in [0.4, 0.5) is 10.1 Å². The average molecular weight is 293 g/mol. The van der Waals surface area contributed by atoms with E-state index in [9.17, 15) is 4.39 Å². The largest absolute Gasteiger partial charge is 0.367 e. The molecule has 1 saturated heterocycles. The van der Waals surface area contributed by atoms with Crippen molar-refractivity contribution < 1.29 is 4.39 Å². The molecule has 0 aliphatic carbocycles. The van der Waals surface area contributed by atoms with Crippen LogP contribution >= 0.6 is 0 Å². The second-order valence-corrected chi connectivity index (χ2v) is 6.09. The number of piperazine rings is 1. The molecule has 1 aromatic carbocycles. The van der Waals surface area contributed by atoms with Crippen molar-refractivity contribution in [3.8, 4) is 0 Å². The van der Waals surface area contributed by atoms with Crippen LogP contribution in [0.5, 0.6) is 0 Å². The fraction of sp³-hybridized carbons (Fsp3) is 0.647. The van der Waals surface area contributed by atoms with E-state index < -0.39 is 0 Å². The lowest BCUT2D eigenvalue weighted by molar-refractivity contribution is 0.143. The van der Waals surface area contributed by atoms with Crippen molar-refractivity contribution in [2.24, 2.45) is 5.92 Å². The Balaban J connectivity index is 1.94. The summed E-state index contributed by atoms with van der Waals surface area (Å²) in [5.41, 5.74) is 0.741. The van der Waals surface area contributed by atoms with Crippen molar-refractivity contribution in [3.63, 3.8) is 0 Å². The lowest BCUT2D eigenvalue weighted by atomic mass is 10.0. The lowest BCUT2D eigenvalue weighted by Gasteiger charge is -2.42. The zero-order valence-electron chi connectivity index (χ0n) is 13.5. The van der Waals surface area contributed by atoms with Gasteiger partial charge in [-0.05, 0) is 24.6 Å². The zero-order valence-corrected chi connectivity index (χ0v) is 13.5. The third-order valence-corrected chi connectivity index (χ3v) is 4.35. The van der Waals surface area contributed by atoms with Gasteiger partial charge in [0.25, 0.3) is 0 Å². The van der Waals surface area contributed by atoms with Crippen LogP contribution in [0, 0.1) is 11.7 Å². The maximum atomic E-state index is 13.9. The molecule has 118 valence electrons. The molecule has 2 rings (SSSR count). The summed E-state index contributed by atoms with van der Waals surface area (Å²) in [6.07, 6.45) is 0. The van der Waals surface area contributed by atoms with Gasteiger partial charge in [-0.1, -0.05) is 32.9 Å². The minimum Gasteiger partial charge on any atom is -0.367 e. The molecule has 3 nitrogen and oxygen atoms in total. The van der Waals surface area contributed by atoms with Gasteiger partial charge in [-0.3, -0.25) is 4.90 Å². The Kier molecular flexibility index (Phi) is 6.00. The molecule has 1 atom stereocenters. The van der Waals surface area contributed by atoms with Gasteiger partial charge in [0, 0.05) is 38.8 Å². The SMILES string of the molecule is CCNCC(C(C)C)N1CCN(c2ccccc2F)CC1. The number of hydrogen-bond acceptors (Lipinski definition) is 3. The Bertz CT molecular complexity index is 428. The first-order valence-electron chi connectivity index (χ1n) is 8.07. The molecule has 1 aromatic rings.